The Bertz CT molecular complexity index is 341. The Balaban J connectivity index is 2.27. The lowest BCUT2D eigenvalue weighted by Crippen LogP contribution is -2.43. The van der Waals surface area contributed by atoms with E-state index in [4.69, 9.17) is 4.74 Å². The molecule has 0 spiro atoms. The molecule has 18 heavy (non-hydrogen) atoms. The molecule has 1 heterocycles. The molecule has 0 aliphatic heterocycles. The molecule has 2 atom stereocenters. The lowest BCUT2D eigenvalue weighted by Gasteiger charge is -2.18. The first-order valence-electron chi connectivity index (χ1n) is 6.21. The SMILES string of the molecule is COCCCNC(=O)C(C)N[C@@H](C)c1cccs1. The molecule has 0 bridgehead atoms. The molecule has 0 saturated heterocycles. The Morgan fingerprint density at radius 2 is 2.28 bits per heavy atom. The number of carbonyl (C=O) groups is 1. The second-order valence-electron chi connectivity index (χ2n) is 4.26. The highest BCUT2D eigenvalue weighted by molar-refractivity contribution is 7.10. The van der Waals surface area contributed by atoms with Crippen LogP contribution in [0.3, 0.4) is 0 Å². The Hall–Kier alpha value is -0.910. The van der Waals surface area contributed by atoms with Crippen molar-refractivity contribution in [2.75, 3.05) is 20.3 Å². The third-order valence-electron chi connectivity index (χ3n) is 2.69. The molecule has 0 aliphatic rings. The van der Waals surface area contributed by atoms with Crippen LogP contribution in [0.1, 0.15) is 31.2 Å². The molecule has 0 fully saturated rings. The van der Waals surface area contributed by atoms with Crippen molar-refractivity contribution in [1.29, 1.82) is 0 Å². The summed E-state index contributed by atoms with van der Waals surface area (Å²) in [5, 5.41) is 8.22. The van der Waals surface area contributed by atoms with Crippen molar-refractivity contribution in [2.45, 2.75) is 32.4 Å². The summed E-state index contributed by atoms with van der Waals surface area (Å²) < 4.78 is 4.93. The highest BCUT2D eigenvalue weighted by Gasteiger charge is 2.15. The molecule has 1 aromatic heterocycles. The summed E-state index contributed by atoms with van der Waals surface area (Å²) in [6, 6.07) is 4.11. The van der Waals surface area contributed by atoms with Crippen LogP contribution in [0.2, 0.25) is 0 Å². The number of hydrogen-bond acceptors (Lipinski definition) is 4. The molecule has 5 heteroatoms. The van der Waals surface area contributed by atoms with E-state index in [1.54, 1.807) is 18.4 Å². The minimum atomic E-state index is -0.190. The summed E-state index contributed by atoms with van der Waals surface area (Å²) >= 11 is 1.70. The summed E-state index contributed by atoms with van der Waals surface area (Å²) in [4.78, 5) is 13.0. The summed E-state index contributed by atoms with van der Waals surface area (Å²) in [5.41, 5.74) is 0. The number of rotatable bonds is 8. The summed E-state index contributed by atoms with van der Waals surface area (Å²) in [6.45, 7) is 5.29. The number of amides is 1. The number of ether oxygens (including phenoxy) is 1. The smallest absolute Gasteiger partial charge is 0.236 e. The zero-order valence-corrected chi connectivity index (χ0v) is 12.0. The first kappa shape index (κ1) is 15.1. The van der Waals surface area contributed by atoms with Crippen LogP contribution < -0.4 is 10.6 Å². The van der Waals surface area contributed by atoms with E-state index >= 15 is 0 Å². The largest absolute Gasteiger partial charge is 0.385 e. The van der Waals surface area contributed by atoms with Gasteiger partial charge in [-0.25, -0.2) is 0 Å². The van der Waals surface area contributed by atoms with E-state index < -0.39 is 0 Å². The van der Waals surface area contributed by atoms with Gasteiger partial charge in [0.05, 0.1) is 6.04 Å². The van der Waals surface area contributed by atoms with Gasteiger partial charge in [0.25, 0.3) is 0 Å². The maximum Gasteiger partial charge on any atom is 0.236 e. The number of thiophene rings is 1. The third kappa shape index (κ3) is 5.16. The van der Waals surface area contributed by atoms with E-state index in [1.807, 2.05) is 18.4 Å². The van der Waals surface area contributed by atoms with Gasteiger partial charge in [-0.3, -0.25) is 10.1 Å². The fourth-order valence-corrected chi connectivity index (χ4v) is 2.40. The predicted octanol–water partition coefficient (Wildman–Crippen LogP) is 1.94. The Morgan fingerprint density at radius 3 is 2.89 bits per heavy atom. The maximum atomic E-state index is 11.8. The molecule has 1 amide bonds. The average molecular weight is 270 g/mol. The van der Waals surface area contributed by atoms with Crippen molar-refractivity contribution in [3.05, 3.63) is 22.4 Å². The van der Waals surface area contributed by atoms with Gasteiger partial charge in [-0.1, -0.05) is 6.07 Å². The van der Waals surface area contributed by atoms with Gasteiger partial charge in [0.1, 0.15) is 0 Å². The molecule has 4 nitrogen and oxygen atoms in total. The van der Waals surface area contributed by atoms with Crippen molar-refractivity contribution in [1.82, 2.24) is 10.6 Å². The minimum Gasteiger partial charge on any atom is -0.385 e. The molecule has 0 radical (unpaired) electrons. The molecule has 1 unspecified atom stereocenters. The second-order valence-corrected chi connectivity index (χ2v) is 5.24. The van der Waals surface area contributed by atoms with Gasteiger partial charge < -0.3 is 10.1 Å². The Labute approximate surface area is 113 Å². The van der Waals surface area contributed by atoms with Crippen LogP contribution >= 0.6 is 11.3 Å². The molecule has 1 rings (SSSR count). The molecule has 0 aromatic carbocycles. The minimum absolute atomic E-state index is 0.0366. The number of nitrogens with one attached hydrogen (secondary N) is 2. The average Bonchev–Trinajstić information content (AvgIpc) is 2.88. The van der Waals surface area contributed by atoms with E-state index in [1.165, 1.54) is 4.88 Å². The van der Waals surface area contributed by atoms with Crippen LogP contribution in [0.25, 0.3) is 0 Å². The van der Waals surface area contributed by atoms with E-state index in [0.717, 1.165) is 6.42 Å². The molecule has 102 valence electrons. The molecular weight excluding hydrogens is 248 g/mol. The van der Waals surface area contributed by atoms with Crippen molar-refractivity contribution >= 4 is 17.2 Å². The lowest BCUT2D eigenvalue weighted by molar-refractivity contribution is -0.122. The third-order valence-corrected chi connectivity index (χ3v) is 3.74. The zero-order valence-electron chi connectivity index (χ0n) is 11.2. The standard InChI is InChI=1S/C13H22N2O2S/c1-10(12-6-4-9-18-12)15-11(2)13(16)14-7-5-8-17-3/h4,6,9-11,15H,5,7-8H2,1-3H3,(H,14,16)/t10-,11?/m0/s1. The number of hydrogen-bond donors (Lipinski definition) is 2. The van der Waals surface area contributed by atoms with Crippen LogP contribution in [0, 0.1) is 0 Å². The molecule has 0 aliphatic carbocycles. The van der Waals surface area contributed by atoms with Crippen molar-refractivity contribution in [3.63, 3.8) is 0 Å². The van der Waals surface area contributed by atoms with Crippen LogP contribution in [-0.4, -0.2) is 32.2 Å². The normalized spacial score (nSPS) is 14.2. The van der Waals surface area contributed by atoms with Crippen LogP contribution in [-0.2, 0) is 9.53 Å². The fraction of sp³-hybridized carbons (Fsp3) is 0.615. The van der Waals surface area contributed by atoms with E-state index in [0.29, 0.717) is 13.2 Å². The van der Waals surface area contributed by atoms with E-state index in [-0.39, 0.29) is 18.0 Å². The summed E-state index contributed by atoms with van der Waals surface area (Å²) in [6.07, 6.45) is 0.843. The first-order chi connectivity index (χ1) is 8.65. The number of carbonyl (C=O) groups excluding carboxylic acids is 1. The monoisotopic (exact) mass is 270 g/mol. The van der Waals surface area contributed by atoms with Gasteiger partial charge >= 0.3 is 0 Å². The molecular formula is C13H22N2O2S. The summed E-state index contributed by atoms with van der Waals surface area (Å²) in [7, 11) is 1.66. The number of methoxy groups -OCH3 is 1. The molecule has 1 aromatic rings. The van der Waals surface area contributed by atoms with Crippen LogP contribution in [0.15, 0.2) is 17.5 Å². The zero-order chi connectivity index (χ0) is 13.4. The van der Waals surface area contributed by atoms with Gasteiger partial charge in [-0.05, 0) is 31.7 Å². The quantitative estimate of drug-likeness (QED) is 0.710. The van der Waals surface area contributed by atoms with Gasteiger partial charge in [0.2, 0.25) is 5.91 Å². The van der Waals surface area contributed by atoms with E-state index in [2.05, 4.69) is 23.6 Å². The van der Waals surface area contributed by atoms with Crippen molar-refractivity contribution in [3.8, 4) is 0 Å². The predicted molar refractivity (Wildman–Crippen MR) is 74.8 cm³/mol. The molecule has 2 N–H and O–H groups in total. The van der Waals surface area contributed by atoms with E-state index in [9.17, 15) is 4.79 Å². The van der Waals surface area contributed by atoms with Gasteiger partial charge in [-0.15, -0.1) is 11.3 Å². The van der Waals surface area contributed by atoms with Gasteiger partial charge in [-0.2, -0.15) is 0 Å². The van der Waals surface area contributed by atoms with Crippen molar-refractivity contribution < 1.29 is 9.53 Å². The fourth-order valence-electron chi connectivity index (χ4n) is 1.65. The second kappa shape index (κ2) is 8.24. The first-order valence-corrected chi connectivity index (χ1v) is 7.09. The highest BCUT2D eigenvalue weighted by Crippen LogP contribution is 2.18. The van der Waals surface area contributed by atoms with Gasteiger partial charge in [0, 0.05) is 31.2 Å². The summed E-state index contributed by atoms with van der Waals surface area (Å²) in [5.74, 6) is 0.0366. The van der Waals surface area contributed by atoms with Crippen LogP contribution in [0.4, 0.5) is 0 Å². The maximum absolute atomic E-state index is 11.8. The Morgan fingerprint density at radius 1 is 1.50 bits per heavy atom. The molecule has 0 saturated carbocycles. The topological polar surface area (TPSA) is 50.4 Å². The lowest BCUT2D eigenvalue weighted by atomic mass is 10.2. The Kier molecular flexibility index (Phi) is 6.93. The van der Waals surface area contributed by atoms with Crippen molar-refractivity contribution in [2.24, 2.45) is 0 Å². The highest BCUT2D eigenvalue weighted by atomic mass is 32.1. The van der Waals surface area contributed by atoms with Gasteiger partial charge in [0.15, 0.2) is 0 Å². The van der Waals surface area contributed by atoms with Crippen LogP contribution in [0.5, 0.6) is 0 Å².